The molecule has 4 heteroatoms. The molecule has 2 aliphatic heterocycles. The molecule has 17 heavy (non-hydrogen) atoms. The summed E-state index contributed by atoms with van der Waals surface area (Å²) in [5.41, 5.74) is 1.25. The van der Waals surface area contributed by atoms with Crippen LogP contribution in [0.25, 0.3) is 0 Å². The van der Waals surface area contributed by atoms with Crippen LogP contribution in [0.1, 0.15) is 31.2 Å². The lowest BCUT2D eigenvalue weighted by Gasteiger charge is -2.38. The number of halogens is 2. The number of hydrogen-bond acceptors (Lipinski definition) is 2. The normalized spacial score (nSPS) is 31.9. The monoisotopic (exact) mass is 314 g/mol. The first-order chi connectivity index (χ1) is 8.16. The molecule has 0 spiro atoms. The van der Waals surface area contributed by atoms with E-state index in [2.05, 4.69) is 32.7 Å². The van der Waals surface area contributed by atoms with Gasteiger partial charge >= 0.3 is 0 Å². The second-order valence-corrected chi connectivity index (χ2v) is 6.54. The Morgan fingerprint density at radius 1 is 1.35 bits per heavy atom. The van der Waals surface area contributed by atoms with Crippen molar-refractivity contribution in [1.29, 1.82) is 0 Å². The largest absolute Gasteiger partial charge is 0.350 e. The van der Waals surface area contributed by atoms with E-state index in [0.717, 1.165) is 23.1 Å². The Labute approximate surface area is 115 Å². The smallest absolute Gasteiger partial charge is 0.143 e. The lowest BCUT2D eigenvalue weighted by Crippen LogP contribution is -2.44. The Bertz CT molecular complexity index is 423. The highest BCUT2D eigenvalue weighted by Crippen LogP contribution is 2.42. The summed E-state index contributed by atoms with van der Waals surface area (Å²) in [6.07, 6.45) is 6.62. The Kier molecular flexibility index (Phi) is 3.07. The fraction of sp³-hybridized carbons (Fsp3) is 0.615. The van der Waals surface area contributed by atoms with Crippen LogP contribution in [0.3, 0.4) is 0 Å². The van der Waals surface area contributed by atoms with Crippen molar-refractivity contribution in [2.45, 2.75) is 50.1 Å². The molecule has 0 radical (unpaired) electrons. The molecule has 2 aliphatic rings. The van der Waals surface area contributed by atoms with Crippen LogP contribution >= 0.6 is 27.5 Å². The molecule has 0 amide bonds. The lowest BCUT2D eigenvalue weighted by atomic mass is 10.0. The number of fused-ring (bicyclic) bond motifs is 2. The van der Waals surface area contributed by atoms with Gasteiger partial charge in [0.2, 0.25) is 0 Å². The molecule has 2 unspecified atom stereocenters. The maximum atomic E-state index is 6.31. The first kappa shape index (κ1) is 11.8. The third-order valence-corrected chi connectivity index (χ3v) is 5.32. The first-order valence-corrected chi connectivity index (χ1v) is 7.43. The van der Waals surface area contributed by atoms with Crippen LogP contribution in [0.15, 0.2) is 16.7 Å². The summed E-state index contributed by atoms with van der Waals surface area (Å²) in [7, 11) is 0. The van der Waals surface area contributed by atoms with Gasteiger partial charge in [-0.05, 0) is 60.2 Å². The number of aryl methyl sites for hydroxylation is 1. The molecule has 1 aromatic rings. The minimum absolute atomic E-state index is 0.354. The predicted molar refractivity (Wildman–Crippen MR) is 74.8 cm³/mol. The molecule has 2 atom stereocenters. The second-order valence-electron chi connectivity index (χ2n) is 5.13. The highest BCUT2D eigenvalue weighted by atomic mass is 79.9. The number of nitrogens with zero attached hydrogens (tertiary/aromatic N) is 2. The fourth-order valence-electron chi connectivity index (χ4n) is 3.16. The Hall–Kier alpha value is -0.280. The molecule has 2 nitrogen and oxygen atoms in total. The van der Waals surface area contributed by atoms with Crippen LogP contribution in [0.2, 0.25) is 0 Å². The van der Waals surface area contributed by atoms with Crippen molar-refractivity contribution in [3.63, 3.8) is 0 Å². The van der Waals surface area contributed by atoms with E-state index in [1.54, 1.807) is 0 Å². The zero-order chi connectivity index (χ0) is 12.0. The summed E-state index contributed by atoms with van der Waals surface area (Å²) in [6.45, 7) is 2.12. The fourth-order valence-corrected chi connectivity index (χ4v) is 4.01. The zero-order valence-electron chi connectivity index (χ0n) is 9.87. The summed E-state index contributed by atoms with van der Waals surface area (Å²) in [6, 6.07) is 3.22. The number of anilines is 1. The third kappa shape index (κ3) is 1.97. The molecule has 3 heterocycles. The van der Waals surface area contributed by atoms with Crippen molar-refractivity contribution in [1.82, 2.24) is 4.98 Å². The van der Waals surface area contributed by atoms with Crippen LogP contribution in [0.5, 0.6) is 0 Å². The zero-order valence-corrected chi connectivity index (χ0v) is 12.2. The molecule has 92 valence electrons. The van der Waals surface area contributed by atoms with Crippen LogP contribution in [-0.4, -0.2) is 22.4 Å². The lowest BCUT2D eigenvalue weighted by molar-refractivity contribution is 0.470. The van der Waals surface area contributed by atoms with Crippen LogP contribution in [0.4, 0.5) is 5.82 Å². The van der Waals surface area contributed by atoms with E-state index in [9.17, 15) is 0 Å². The molecule has 0 aliphatic carbocycles. The van der Waals surface area contributed by atoms with Gasteiger partial charge in [0.25, 0.3) is 0 Å². The number of pyridine rings is 1. The number of hydrogen-bond donors (Lipinski definition) is 0. The van der Waals surface area contributed by atoms with Crippen molar-refractivity contribution >= 4 is 33.3 Å². The summed E-state index contributed by atoms with van der Waals surface area (Å²) in [4.78, 5) is 7.06. The standard InChI is InChI=1S/C13H16BrClN2/c1-8-4-5-16-13(12(8)14)17-10-2-3-11(17)7-9(15)6-10/h4-5,9-11H,2-3,6-7H2,1H3. The Morgan fingerprint density at radius 3 is 2.65 bits per heavy atom. The van der Waals surface area contributed by atoms with Crippen molar-refractivity contribution < 1.29 is 0 Å². The summed E-state index contributed by atoms with van der Waals surface area (Å²) in [5, 5.41) is 0.354. The molecular weight excluding hydrogens is 300 g/mol. The van der Waals surface area contributed by atoms with Gasteiger partial charge in [0.1, 0.15) is 5.82 Å². The van der Waals surface area contributed by atoms with E-state index in [-0.39, 0.29) is 0 Å². The van der Waals surface area contributed by atoms with Gasteiger partial charge in [-0.15, -0.1) is 11.6 Å². The van der Waals surface area contributed by atoms with Gasteiger partial charge in [-0.25, -0.2) is 4.98 Å². The molecule has 3 rings (SSSR count). The minimum atomic E-state index is 0.354. The third-order valence-electron chi connectivity index (χ3n) is 3.98. The molecular formula is C13H16BrClN2. The van der Waals surface area contributed by atoms with E-state index in [1.165, 1.54) is 18.4 Å². The van der Waals surface area contributed by atoms with Gasteiger partial charge in [0.15, 0.2) is 0 Å². The number of aromatic nitrogens is 1. The molecule has 0 aromatic carbocycles. The maximum absolute atomic E-state index is 6.31. The van der Waals surface area contributed by atoms with Gasteiger partial charge in [0.05, 0.1) is 4.47 Å². The van der Waals surface area contributed by atoms with Crippen molar-refractivity contribution in [3.8, 4) is 0 Å². The van der Waals surface area contributed by atoms with Crippen LogP contribution in [-0.2, 0) is 0 Å². The summed E-state index contributed by atoms with van der Waals surface area (Å²) in [5.74, 6) is 1.11. The van der Waals surface area contributed by atoms with E-state index in [0.29, 0.717) is 17.5 Å². The van der Waals surface area contributed by atoms with Gasteiger partial charge < -0.3 is 4.90 Å². The number of piperidine rings is 1. The molecule has 0 saturated carbocycles. The molecule has 1 aromatic heterocycles. The van der Waals surface area contributed by atoms with Crippen molar-refractivity contribution in [3.05, 3.63) is 22.3 Å². The topological polar surface area (TPSA) is 16.1 Å². The van der Waals surface area contributed by atoms with E-state index in [1.807, 2.05) is 12.3 Å². The second kappa shape index (κ2) is 4.43. The van der Waals surface area contributed by atoms with E-state index >= 15 is 0 Å². The number of rotatable bonds is 1. The predicted octanol–water partition coefficient (Wildman–Crippen LogP) is 3.89. The molecule has 2 fully saturated rings. The van der Waals surface area contributed by atoms with Gasteiger partial charge in [-0.3, -0.25) is 0 Å². The molecule has 2 saturated heterocycles. The van der Waals surface area contributed by atoms with E-state index in [4.69, 9.17) is 11.6 Å². The van der Waals surface area contributed by atoms with Crippen LogP contribution < -0.4 is 4.90 Å². The highest BCUT2D eigenvalue weighted by molar-refractivity contribution is 9.10. The molecule has 2 bridgehead atoms. The molecule has 0 N–H and O–H groups in total. The summed E-state index contributed by atoms with van der Waals surface area (Å²) < 4.78 is 1.14. The van der Waals surface area contributed by atoms with Gasteiger partial charge in [-0.1, -0.05) is 0 Å². The number of alkyl halides is 1. The summed E-state index contributed by atoms with van der Waals surface area (Å²) >= 11 is 9.99. The Balaban J connectivity index is 1.97. The average Bonchev–Trinajstić information content (AvgIpc) is 2.55. The van der Waals surface area contributed by atoms with Crippen molar-refractivity contribution in [2.24, 2.45) is 0 Å². The van der Waals surface area contributed by atoms with E-state index < -0.39 is 0 Å². The quantitative estimate of drug-likeness (QED) is 0.731. The van der Waals surface area contributed by atoms with Gasteiger partial charge in [-0.2, -0.15) is 0 Å². The highest BCUT2D eigenvalue weighted by Gasteiger charge is 2.41. The average molecular weight is 316 g/mol. The SMILES string of the molecule is Cc1ccnc(N2C3CCC2CC(Cl)C3)c1Br. The van der Waals surface area contributed by atoms with Gasteiger partial charge in [0, 0.05) is 23.7 Å². The minimum Gasteiger partial charge on any atom is -0.350 e. The van der Waals surface area contributed by atoms with Crippen LogP contribution in [0, 0.1) is 6.92 Å². The Morgan fingerprint density at radius 2 is 2.00 bits per heavy atom. The first-order valence-electron chi connectivity index (χ1n) is 6.20. The maximum Gasteiger partial charge on any atom is 0.143 e. The van der Waals surface area contributed by atoms with Crippen molar-refractivity contribution in [2.75, 3.05) is 4.90 Å².